The van der Waals surface area contributed by atoms with Gasteiger partial charge < -0.3 is 20.5 Å². The molecule has 0 spiro atoms. The Bertz CT molecular complexity index is 1710. The average Bonchev–Trinajstić information content (AvgIpc) is 3.50. The Hall–Kier alpha value is -4.74. The Kier molecular flexibility index (Phi) is 7.96. The number of nitrogen functional groups attached to an aromatic ring is 1. The van der Waals surface area contributed by atoms with Crippen LogP contribution in [0, 0.1) is 5.82 Å². The fourth-order valence-electron chi connectivity index (χ4n) is 4.87. The van der Waals surface area contributed by atoms with Gasteiger partial charge in [0.15, 0.2) is 17.4 Å². The van der Waals surface area contributed by atoms with E-state index in [9.17, 15) is 39.9 Å². The van der Waals surface area contributed by atoms with Gasteiger partial charge in [0, 0.05) is 31.4 Å². The number of amides is 1. The van der Waals surface area contributed by atoms with E-state index < -0.39 is 59.1 Å². The van der Waals surface area contributed by atoms with Crippen molar-refractivity contribution in [3.8, 4) is 22.9 Å². The molecule has 2 atom stereocenters. The summed E-state index contributed by atoms with van der Waals surface area (Å²) in [6.07, 6.45) is -9.36. The smallest absolute Gasteiger partial charge is 0.480 e. The molecule has 1 amide bonds. The van der Waals surface area contributed by atoms with Crippen LogP contribution in [0.15, 0.2) is 42.9 Å². The van der Waals surface area contributed by atoms with Crippen molar-refractivity contribution in [2.75, 3.05) is 25.9 Å². The number of carbonyl (C=O) groups excluding carboxylic acids is 1. The third-order valence-electron chi connectivity index (χ3n) is 6.74. The van der Waals surface area contributed by atoms with E-state index in [0.717, 1.165) is 35.2 Å². The third-order valence-corrected chi connectivity index (χ3v) is 6.74. The van der Waals surface area contributed by atoms with Gasteiger partial charge in [-0.05, 0) is 29.8 Å². The molecule has 234 valence electrons. The second-order valence-corrected chi connectivity index (χ2v) is 9.73. The minimum Gasteiger partial charge on any atom is -0.480 e. The summed E-state index contributed by atoms with van der Waals surface area (Å²) in [7, 11) is 1.21. The number of anilines is 1. The van der Waals surface area contributed by atoms with Crippen LogP contribution in [0.25, 0.3) is 16.8 Å². The first-order valence-electron chi connectivity index (χ1n) is 12.6. The predicted octanol–water partition coefficient (Wildman–Crippen LogP) is 4.39. The number of rotatable bonds is 7. The summed E-state index contributed by atoms with van der Waals surface area (Å²) in [5, 5.41) is 6.37. The van der Waals surface area contributed by atoms with Crippen molar-refractivity contribution in [2.45, 2.75) is 31.3 Å². The van der Waals surface area contributed by atoms with Crippen LogP contribution in [-0.2, 0) is 12.7 Å². The summed E-state index contributed by atoms with van der Waals surface area (Å²) in [6, 6.07) is 3.73. The molecule has 1 aliphatic heterocycles. The summed E-state index contributed by atoms with van der Waals surface area (Å²) in [5.41, 5.74) is 4.02. The number of hydrogen-bond donors (Lipinski definition) is 2. The number of hydrogen-bond acceptors (Lipinski definition) is 8. The fraction of sp³-hybridized carbons (Fsp3) is 0.308. The lowest BCUT2D eigenvalue weighted by atomic mass is 10.1. The molecule has 1 saturated heterocycles. The molecule has 3 N–H and O–H groups in total. The molecular formula is C26H21F8N7O3. The molecule has 5 rings (SSSR count). The lowest BCUT2D eigenvalue weighted by Crippen LogP contribution is -2.41. The number of likely N-dealkylation sites (tertiary alicyclic amines) is 1. The van der Waals surface area contributed by atoms with Gasteiger partial charge in [0.1, 0.15) is 23.6 Å². The predicted molar refractivity (Wildman–Crippen MR) is 137 cm³/mol. The molecule has 2 unspecified atom stereocenters. The summed E-state index contributed by atoms with van der Waals surface area (Å²) in [5.74, 6) is -3.74. The zero-order valence-electron chi connectivity index (χ0n) is 22.4. The molecule has 4 heterocycles. The van der Waals surface area contributed by atoms with Crippen molar-refractivity contribution in [1.29, 1.82) is 0 Å². The quantitative estimate of drug-likeness (QED) is 0.289. The first kappa shape index (κ1) is 30.7. The monoisotopic (exact) mass is 631 g/mol. The summed E-state index contributed by atoms with van der Waals surface area (Å²) >= 11 is 0. The number of methoxy groups -OCH3 is 1. The zero-order chi connectivity index (χ0) is 32.0. The molecule has 0 aliphatic carbocycles. The highest BCUT2D eigenvalue weighted by Crippen LogP contribution is 2.39. The van der Waals surface area contributed by atoms with Gasteiger partial charge in [-0.2, -0.15) is 18.3 Å². The molecule has 0 bridgehead atoms. The Morgan fingerprint density at radius 1 is 1.11 bits per heavy atom. The zero-order valence-corrected chi connectivity index (χ0v) is 22.4. The van der Waals surface area contributed by atoms with Gasteiger partial charge in [-0.3, -0.25) is 9.69 Å². The molecule has 44 heavy (non-hydrogen) atoms. The van der Waals surface area contributed by atoms with Crippen LogP contribution in [0.2, 0.25) is 0 Å². The number of benzene rings is 1. The van der Waals surface area contributed by atoms with E-state index in [1.54, 1.807) is 0 Å². The number of aromatic nitrogens is 4. The first-order chi connectivity index (χ1) is 20.6. The number of nitrogens with zero attached hydrogens (tertiary/aromatic N) is 5. The highest BCUT2D eigenvalue weighted by atomic mass is 19.4. The highest BCUT2D eigenvalue weighted by molar-refractivity contribution is 5.98. The van der Waals surface area contributed by atoms with Gasteiger partial charge in [0.25, 0.3) is 5.91 Å². The number of carbonyl (C=O) groups is 1. The van der Waals surface area contributed by atoms with Gasteiger partial charge in [0.05, 0.1) is 24.4 Å². The number of fused-ring (bicyclic) bond motifs is 1. The van der Waals surface area contributed by atoms with E-state index >= 15 is 0 Å². The molecule has 4 aromatic rings. The van der Waals surface area contributed by atoms with Crippen LogP contribution in [0.4, 0.5) is 40.9 Å². The summed E-state index contributed by atoms with van der Waals surface area (Å²) in [6.45, 7) is -0.302. The van der Waals surface area contributed by atoms with Crippen LogP contribution < -0.4 is 20.5 Å². The van der Waals surface area contributed by atoms with Crippen molar-refractivity contribution in [3.05, 3.63) is 65.4 Å². The summed E-state index contributed by atoms with van der Waals surface area (Å²) < 4.78 is 117. The Morgan fingerprint density at radius 2 is 1.86 bits per heavy atom. The van der Waals surface area contributed by atoms with E-state index in [4.69, 9.17) is 10.5 Å². The van der Waals surface area contributed by atoms with Crippen LogP contribution in [0.1, 0.15) is 21.5 Å². The van der Waals surface area contributed by atoms with Crippen molar-refractivity contribution >= 4 is 17.2 Å². The maximum Gasteiger partial charge on any atom is 0.573 e. The van der Waals surface area contributed by atoms with Crippen LogP contribution in [0.5, 0.6) is 11.6 Å². The molecule has 1 aliphatic rings. The lowest BCUT2D eigenvalue weighted by Gasteiger charge is -2.18. The second-order valence-electron chi connectivity index (χ2n) is 9.73. The molecule has 10 nitrogen and oxygen atoms in total. The van der Waals surface area contributed by atoms with Gasteiger partial charge in [-0.15, -0.1) is 13.2 Å². The van der Waals surface area contributed by atoms with Gasteiger partial charge >= 0.3 is 12.5 Å². The number of nitrogens with one attached hydrogen (secondary N) is 1. The van der Waals surface area contributed by atoms with E-state index in [2.05, 4.69) is 25.1 Å². The molecular weight excluding hydrogens is 610 g/mol. The Balaban J connectivity index is 1.35. The SMILES string of the molecule is COc1ncc(-c2cc(C(F)(F)F)c3c(N)ncnn23)cc1C(=O)NC1CN(Cc2ccc(OC(F)(F)F)c(F)c2)CC1F. The van der Waals surface area contributed by atoms with E-state index in [-0.39, 0.29) is 47.9 Å². The maximum atomic E-state index is 14.9. The van der Waals surface area contributed by atoms with Gasteiger partial charge in [0.2, 0.25) is 5.88 Å². The highest BCUT2D eigenvalue weighted by Gasteiger charge is 2.38. The standard InChI is InChI=1S/C26H21F8N7O3/c1-43-24-14(5-13(7-36-24)19-6-15(25(29,30)31)21-22(35)37-11-38-41(19)21)23(42)39-18-10-40(9-17(18)28)8-12-2-3-20(16(27)4-12)44-26(32,33)34/h2-7,11,17-18H,8-10H2,1H3,(H,39,42)(H2,35,37,38). The number of ether oxygens (including phenoxy) is 2. The van der Waals surface area contributed by atoms with E-state index in [1.807, 2.05) is 0 Å². The number of alkyl halides is 7. The van der Waals surface area contributed by atoms with Gasteiger partial charge in [-0.25, -0.2) is 23.3 Å². The largest absolute Gasteiger partial charge is 0.573 e. The average molecular weight is 631 g/mol. The Labute approximate surface area is 242 Å². The normalized spacial score (nSPS) is 17.7. The summed E-state index contributed by atoms with van der Waals surface area (Å²) in [4.78, 5) is 22.4. The molecule has 3 aromatic heterocycles. The molecule has 0 radical (unpaired) electrons. The molecule has 1 fully saturated rings. The van der Waals surface area contributed by atoms with Gasteiger partial charge in [-0.1, -0.05) is 6.07 Å². The number of halogens is 8. The van der Waals surface area contributed by atoms with E-state index in [0.29, 0.717) is 0 Å². The van der Waals surface area contributed by atoms with Crippen LogP contribution in [0.3, 0.4) is 0 Å². The maximum absolute atomic E-state index is 14.9. The lowest BCUT2D eigenvalue weighted by molar-refractivity contribution is -0.275. The molecule has 1 aromatic carbocycles. The number of nitrogens with two attached hydrogens (primary N) is 1. The van der Waals surface area contributed by atoms with Crippen LogP contribution in [-0.4, -0.2) is 69.2 Å². The Morgan fingerprint density at radius 3 is 2.52 bits per heavy atom. The molecule has 0 saturated carbocycles. The van der Waals surface area contributed by atoms with Crippen molar-refractivity contribution in [1.82, 2.24) is 29.8 Å². The number of pyridine rings is 1. The minimum atomic E-state index is -5.08. The van der Waals surface area contributed by atoms with Crippen molar-refractivity contribution < 1.29 is 49.4 Å². The van der Waals surface area contributed by atoms with Crippen molar-refractivity contribution in [3.63, 3.8) is 0 Å². The first-order valence-corrected chi connectivity index (χ1v) is 12.6. The van der Waals surface area contributed by atoms with E-state index in [1.165, 1.54) is 24.1 Å². The second kappa shape index (κ2) is 11.4. The van der Waals surface area contributed by atoms with Crippen LogP contribution >= 0.6 is 0 Å². The van der Waals surface area contributed by atoms with Crippen molar-refractivity contribution in [2.24, 2.45) is 0 Å². The minimum absolute atomic E-state index is 0.0318. The molecule has 18 heteroatoms. The third kappa shape index (κ3) is 6.29. The fourth-order valence-corrected chi connectivity index (χ4v) is 4.87. The topological polar surface area (TPSA) is 120 Å².